The Morgan fingerprint density at radius 1 is 1.62 bits per heavy atom. The molecule has 0 bridgehead atoms. The van der Waals surface area contributed by atoms with Gasteiger partial charge in [-0.3, -0.25) is 9.36 Å². The van der Waals surface area contributed by atoms with Gasteiger partial charge in [0.1, 0.15) is 6.10 Å². The van der Waals surface area contributed by atoms with Crippen molar-refractivity contribution < 1.29 is 14.6 Å². The molecule has 0 unspecified atom stereocenters. The monoisotopic (exact) mass is 225 g/mol. The second kappa shape index (κ2) is 3.27. The lowest BCUT2D eigenvalue weighted by molar-refractivity contribution is -0.0271. The Morgan fingerprint density at radius 2 is 2.44 bits per heavy atom. The molecule has 3 heterocycles. The molecule has 0 amide bonds. The van der Waals surface area contributed by atoms with Gasteiger partial charge in [0, 0.05) is 12.3 Å². The Bertz CT molecular complexity index is 474. The maximum Gasteiger partial charge on any atom is 0.302 e. The van der Waals surface area contributed by atoms with Crippen LogP contribution in [0.5, 0.6) is 6.01 Å². The van der Waals surface area contributed by atoms with Crippen LogP contribution in [0.1, 0.15) is 6.23 Å². The van der Waals surface area contributed by atoms with Crippen LogP contribution < -0.4 is 16.0 Å². The fraction of sp³-hybridized carbons (Fsp3) is 0.556. The molecular formula is C9H11N3O4. The third-order valence-corrected chi connectivity index (χ3v) is 2.90. The van der Waals surface area contributed by atoms with Crippen LogP contribution in [0.3, 0.4) is 0 Å². The molecule has 2 aliphatic rings. The zero-order valence-corrected chi connectivity index (χ0v) is 8.31. The van der Waals surface area contributed by atoms with E-state index in [1.165, 1.54) is 6.07 Å². The molecule has 86 valence electrons. The molecule has 1 fully saturated rings. The van der Waals surface area contributed by atoms with Crippen LogP contribution in [0.2, 0.25) is 0 Å². The first-order valence-corrected chi connectivity index (χ1v) is 4.98. The van der Waals surface area contributed by atoms with Crippen molar-refractivity contribution in [3.05, 3.63) is 22.6 Å². The van der Waals surface area contributed by atoms with E-state index >= 15 is 0 Å². The minimum absolute atomic E-state index is 0.152. The highest BCUT2D eigenvalue weighted by atomic mass is 16.6. The van der Waals surface area contributed by atoms with Crippen molar-refractivity contribution in [3.63, 3.8) is 0 Å². The molecule has 0 aromatic carbocycles. The van der Waals surface area contributed by atoms with Gasteiger partial charge in [0.05, 0.1) is 12.6 Å². The number of ether oxygens (including phenoxy) is 2. The lowest BCUT2D eigenvalue weighted by Crippen LogP contribution is -2.42. The van der Waals surface area contributed by atoms with E-state index in [4.69, 9.17) is 20.3 Å². The summed E-state index contributed by atoms with van der Waals surface area (Å²) >= 11 is 0. The first-order valence-electron chi connectivity index (χ1n) is 4.98. The van der Waals surface area contributed by atoms with Crippen LogP contribution >= 0.6 is 0 Å². The molecule has 3 N–H and O–H groups in total. The van der Waals surface area contributed by atoms with Gasteiger partial charge >= 0.3 is 6.01 Å². The SMILES string of the molecule is N[C@H]1[C@@H]2Oc3nc(=O)ccn3[C@@H]2O[C@@H]1CO. The lowest BCUT2D eigenvalue weighted by Gasteiger charge is -2.14. The van der Waals surface area contributed by atoms with E-state index in [0.717, 1.165) is 0 Å². The van der Waals surface area contributed by atoms with E-state index in [1.54, 1.807) is 10.8 Å². The van der Waals surface area contributed by atoms with Gasteiger partial charge in [-0.1, -0.05) is 0 Å². The molecule has 0 saturated carbocycles. The standard InChI is InChI=1S/C9H11N3O4/c10-6-4(3-13)15-8-7(6)16-9-11-5(14)1-2-12(8)9/h1-2,4,6-8,13H,3,10H2/t4-,6-,7+,8-/m1/s1. The summed E-state index contributed by atoms with van der Waals surface area (Å²) in [6.45, 7) is -0.152. The molecule has 7 heteroatoms. The average Bonchev–Trinajstić information content (AvgIpc) is 2.75. The van der Waals surface area contributed by atoms with Crippen molar-refractivity contribution in [1.82, 2.24) is 9.55 Å². The van der Waals surface area contributed by atoms with Crippen molar-refractivity contribution in [2.45, 2.75) is 24.5 Å². The van der Waals surface area contributed by atoms with Crippen LogP contribution in [0.4, 0.5) is 0 Å². The molecule has 1 saturated heterocycles. The molecule has 4 atom stereocenters. The minimum Gasteiger partial charge on any atom is -0.455 e. The van der Waals surface area contributed by atoms with Gasteiger partial charge in [-0.05, 0) is 0 Å². The molecule has 0 aliphatic carbocycles. The number of rotatable bonds is 1. The summed E-state index contributed by atoms with van der Waals surface area (Å²) in [5, 5.41) is 9.05. The number of aliphatic hydroxyl groups is 1. The summed E-state index contributed by atoms with van der Waals surface area (Å²) in [6, 6.07) is 1.12. The maximum absolute atomic E-state index is 11.0. The molecular weight excluding hydrogens is 214 g/mol. The van der Waals surface area contributed by atoms with Crippen molar-refractivity contribution in [1.29, 1.82) is 0 Å². The zero-order valence-electron chi connectivity index (χ0n) is 8.31. The summed E-state index contributed by atoms with van der Waals surface area (Å²) < 4.78 is 12.6. The predicted octanol–water partition coefficient (Wildman–Crippen LogP) is -1.78. The van der Waals surface area contributed by atoms with Gasteiger partial charge in [0.25, 0.3) is 5.56 Å². The van der Waals surface area contributed by atoms with Crippen molar-refractivity contribution in [2.24, 2.45) is 5.73 Å². The molecule has 1 aromatic rings. The maximum atomic E-state index is 11.0. The van der Waals surface area contributed by atoms with E-state index in [9.17, 15) is 4.79 Å². The summed E-state index contributed by atoms with van der Waals surface area (Å²) in [5.41, 5.74) is 5.50. The molecule has 0 spiro atoms. The van der Waals surface area contributed by atoms with E-state index in [0.29, 0.717) is 0 Å². The van der Waals surface area contributed by atoms with E-state index in [1.807, 2.05) is 0 Å². The first-order chi connectivity index (χ1) is 7.70. The summed E-state index contributed by atoms with van der Waals surface area (Å²) in [5.74, 6) is 0. The highest BCUT2D eigenvalue weighted by Crippen LogP contribution is 2.37. The first kappa shape index (κ1) is 9.76. The highest BCUT2D eigenvalue weighted by Gasteiger charge is 2.49. The number of nitrogens with two attached hydrogens (primary N) is 1. The topological polar surface area (TPSA) is 99.6 Å². The van der Waals surface area contributed by atoms with E-state index in [-0.39, 0.29) is 18.2 Å². The summed E-state index contributed by atoms with van der Waals surface area (Å²) in [4.78, 5) is 14.7. The quantitative estimate of drug-likeness (QED) is 0.586. The third kappa shape index (κ3) is 1.19. The third-order valence-electron chi connectivity index (χ3n) is 2.90. The fourth-order valence-corrected chi connectivity index (χ4v) is 2.07. The Hall–Kier alpha value is -1.44. The number of aliphatic hydroxyl groups excluding tert-OH is 1. The van der Waals surface area contributed by atoms with Crippen LogP contribution in [0.25, 0.3) is 0 Å². The smallest absolute Gasteiger partial charge is 0.302 e. The molecule has 2 aliphatic heterocycles. The van der Waals surface area contributed by atoms with Crippen LogP contribution in [-0.2, 0) is 4.74 Å². The predicted molar refractivity (Wildman–Crippen MR) is 51.9 cm³/mol. The summed E-state index contributed by atoms with van der Waals surface area (Å²) in [7, 11) is 0. The minimum atomic E-state index is -0.442. The molecule has 3 rings (SSSR count). The number of fused-ring (bicyclic) bond motifs is 3. The second-order valence-electron chi connectivity index (χ2n) is 3.86. The lowest BCUT2D eigenvalue weighted by atomic mass is 10.1. The molecule has 16 heavy (non-hydrogen) atoms. The Balaban J connectivity index is 1.99. The number of aromatic nitrogens is 2. The van der Waals surface area contributed by atoms with Crippen molar-refractivity contribution >= 4 is 0 Å². The number of hydrogen-bond acceptors (Lipinski definition) is 6. The van der Waals surface area contributed by atoms with Crippen molar-refractivity contribution in [3.8, 4) is 6.01 Å². The normalized spacial score (nSPS) is 35.6. The van der Waals surface area contributed by atoms with Gasteiger partial charge in [-0.25, -0.2) is 0 Å². The number of nitrogens with zero attached hydrogens (tertiary/aromatic N) is 2. The van der Waals surface area contributed by atoms with Gasteiger partial charge in [-0.2, -0.15) is 4.98 Å². The van der Waals surface area contributed by atoms with E-state index < -0.39 is 24.5 Å². The van der Waals surface area contributed by atoms with Crippen LogP contribution in [0, 0.1) is 0 Å². The van der Waals surface area contributed by atoms with Gasteiger partial charge in [0.15, 0.2) is 12.3 Å². The van der Waals surface area contributed by atoms with E-state index in [2.05, 4.69) is 4.98 Å². The van der Waals surface area contributed by atoms with Gasteiger partial charge in [-0.15, -0.1) is 0 Å². The van der Waals surface area contributed by atoms with Gasteiger partial charge in [0.2, 0.25) is 0 Å². The largest absolute Gasteiger partial charge is 0.455 e. The Labute approximate surface area is 90.4 Å². The molecule has 1 aromatic heterocycles. The number of hydrogen-bond donors (Lipinski definition) is 2. The zero-order chi connectivity index (χ0) is 11.3. The molecule has 0 radical (unpaired) electrons. The Morgan fingerprint density at radius 3 is 3.19 bits per heavy atom. The van der Waals surface area contributed by atoms with Crippen LogP contribution in [0.15, 0.2) is 17.1 Å². The fourth-order valence-electron chi connectivity index (χ4n) is 2.07. The highest BCUT2D eigenvalue weighted by molar-refractivity contribution is 5.11. The molecule has 7 nitrogen and oxygen atoms in total. The van der Waals surface area contributed by atoms with Gasteiger partial charge < -0.3 is 20.3 Å². The van der Waals surface area contributed by atoms with Crippen LogP contribution in [-0.4, -0.2) is 39.5 Å². The average molecular weight is 225 g/mol. The van der Waals surface area contributed by atoms with Crippen molar-refractivity contribution in [2.75, 3.05) is 6.61 Å². The second-order valence-corrected chi connectivity index (χ2v) is 3.86. The summed E-state index contributed by atoms with van der Waals surface area (Å²) in [6.07, 6.45) is 0.311. The Kier molecular flexibility index (Phi) is 2.00.